The van der Waals surface area contributed by atoms with Crippen molar-refractivity contribution in [2.45, 2.75) is 26.0 Å². The highest BCUT2D eigenvalue weighted by molar-refractivity contribution is 5.75. The first kappa shape index (κ1) is 16.0. The molecule has 0 fully saturated rings. The Morgan fingerprint density at radius 2 is 1.73 bits per heavy atom. The first-order valence-corrected chi connectivity index (χ1v) is 7.37. The van der Waals surface area contributed by atoms with E-state index in [0.29, 0.717) is 19.6 Å². The Labute approximate surface area is 130 Å². The maximum Gasteiger partial charge on any atom is 0.323 e. The SMILES string of the molecule is CCOC(=O)C(N)Cc1ccc(OCc2ccccc2)cc1. The molecule has 0 aromatic heterocycles. The highest BCUT2D eigenvalue weighted by Gasteiger charge is 2.14. The van der Waals surface area contributed by atoms with Gasteiger partial charge in [-0.1, -0.05) is 42.5 Å². The Kier molecular flexibility index (Phi) is 5.98. The number of carbonyl (C=O) groups excluding carboxylic acids is 1. The molecular formula is C18H21NO3. The van der Waals surface area contributed by atoms with Gasteiger partial charge in [0.2, 0.25) is 0 Å². The van der Waals surface area contributed by atoms with Crippen molar-refractivity contribution in [3.63, 3.8) is 0 Å². The van der Waals surface area contributed by atoms with Gasteiger partial charge in [0.1, 0.15) is 18.4 Å². The molecule has 0 bridgehead atoms. The molecule has 0 heterocycles. The minimum absolute atomic E-state index is 0.346. The second-order valence-corrected chi connectivity index (χ2v) is 4.98. The second-order valence-electron chi connectivity index (χ2n) is 4.98. The average molecular weight is 299 g/mol. The summed E-state index contributed by atoms with van der Waals surface area (Å²) in [6.07, 6.45) is 0.456. The quantitative estimate of drug-likeness (QED) is 0.799. The molecule has 4 nitrogen and oxygen atoms in total. The van der Waals surface area contributed by atoms with Crippen molar-refractivity contribution in [2.75, 3.05) is 6.61 Å². The molecule has 22 heavy (non-hydrogen) atoms. The fraction of sp³-hybridized carbons (Fsp3) is 0.278. The minimum Gasteiger partial charge on any atom is -0.489 e. The van der Waals surface area contributed by atoms with Crippen LogP contribution in [0.5, 0.6) is 5.75 Å². The average Bonchev–Trinajstić information content (AvgIpc) is 2.55. The summed E-state index contributed by atoms with van der Waals surface area (Å²) in [6, 6.07) is 17.0. The van der Waals surface area contributed by atoms with Gasteiger partial charge in [0.15, 0.2) is 0 Å². The van der Waals surface area contributed by atoms with Crippen molar-refractivity contribution in [3.8, 4) is 5.75 Å². The molecule has 0 aliphatic rings. The third-order valence-corrected chi connectivity index (χ3v) is 3.22. The van der Waals surface area contributed by atoms with Crippen LogP contribution >= 0.6 is 0 Å². The lowest BCUT2D eigenvalue weighted by atomic mass is 10.1. The lowest BCUT2D eigenvalue weighted by Crippen LogP contribution is -2.34. The Morgan fingerprint density at radius 1 is 1.05 bits per heavy atom. The van der Waals surface area contributed by atoms with Crippen molar-refractivity contribution in [2.24, 2.45) is 5.73 Å². The van der Waals surface area contributed by atoms with E-state index in [4.69, 9.17) is 15.2 Å². The van der Waals surface area contributed by atoms with Crippen LogP contribution in [0.1, 0.15) is 18.1 Å². The number of hydrogen-bond acceptors (Lipinski definition) is 4. The van der Waals surface area contributed by atoms with Crippen molar-refractivity contribution in [1.82, 2.24) is 0 Å². The molecular weight excluding hydrogens is 278 g/mol. The summed E-state index contributed by atoms with van der Waals surface area (Å²) in [4.78, 5) is 11.5. The predicted molar refractivity (Wildman–Crippen MR) is 85.5 cm³/mol. The van der Waals surface area contributed by atoms with Crippen LogP contribution in [0.25, 0.3) is 0 Å². The lowest BCUT2D eigenvalue weighted by Gasteiger charge is -2.11. The van der Waals surface area contributed by atoms with Gasteiger partial charge in [-0.15, -0.1) is 0 Å². The van der Waals surface area contributed by atoms with Crippen molar-refractivity contribution in [1.29, 1.82) is 0 Å². The van der Waals surface area contributed by atoms with E-state index < -0.39 is 6.04 Å². The summed E-state index contributed by atoms with van der Waals surface area (Å²) < 4.78 is 10.6. The third kappa shape index (κ3) is 4.90. The molecule has 2 aromatic carbocycles. The first-order valence-electron chi connectivity index (χ1n) is 7.37. The Morgan fingerprint density at radius 3 is 2.36 bits per heavy atom. The molecule has 2 rings (SSSR count). The van der Waals surface area contributed by atoms with E-state index in [2.05, 4.69) is 0 Å². The van der Waals surface area contributed by atoms with E-state index in [-0.39, 0.29) is 5.97 Å². The zero-order valence-corrected chi connectivity index (χ0v) is 12.7. The zero-order chi connectivity index (χ0) is 15.8. The van der Waals surface area contributed by atoms with E-state index >= 15 is 0 Å². The Balaban J connectivity index is 1.86. The van der Waals surface area contributed by atoms with Crippen molar-refractivity contribution < 1.29 is 14.3 Å². The molecule has 0 saturated heterocycles. The molecule has 2 aromatic rings. The van der Waals surface area contributed by atoms with Crippen LogP contribution in [0.3, 0.4) is 0 Å². The van der Waals surface area contributed by atoms with Crippen LogP contribution < -0.4 is 10.5 Å². The summed E-state index contributed by atoms with van der Waals surface area (Å²) >= 11 is 0. The molecule has 4 heteroatoms. The second kappa shape index (κ2) is 8.20. The van der Waals surface area contributed by atoms with Gasteiger partial charge in [-0.3, -0.25) is 4.79 Å². The van der Waals surface area contributed by atoms with E-state index in [1.54, 1.807) is 6.92 Å². The van der Waals surface area contributed by atoms with Gasteiger partial charge in [-0.05, 0) is 36.6 Å². The number of nitrogens with two attached hydrogens (primary N) is 1. The van der Waals surface area contributed by atoms with Gasteiger partial charge in [-0.25, -0.2) is 0 Å². The largest absolute Gasteiger partial charge is 0.489 e. The fourth-order valence-electron chi connectivity index (χ4n) is 2.05. The van der Waals surface area contributed by atoms with Crippen LogP contribution in [-0.4, -0.2) is 18.6 Å². The van der Waals surface area contributed by atoms with Gasteiger partial charge < -0.3 is 15.2 Å². The van der Waals surface area contributed by atoms with Gasteiger partial charge in [0, 0.05) is 0 Å². The van der Waals surface area contributed by atoms with Crippen LogP contribution in [0.15, 0.2) is 54.6 Å². The van der Waals surface area contributed by atoms with Crippen LogP contribution in [0.2, 0.25) is 0 Å². The minimum atomic E-state index is -0.629. The van der Waals surface area contributed by atoms with Gasteiger partial charge >= 0.3 is 5.97 Å². The monoisotopic (exact) mass is 299 g/mol. The number of ether oxygens (including phenoxy) is 2. The molecule has 116 valence electrons. The molecule has 2 N–H and O–H groups in total. The van der Waals surface area contributed by atoms with Crippen molar-refractivity contribution in [3.05, 3.63) is 65.7 Å². The maximum absolute atomic E-state index is 11.5. The molecule has 0 aliphatic carbocycles. The molecule has 1 unspecified atom stereocenters. The summed E-state index contributed by atoms with van der Waals surface area (Å²) in [5.74, 6) is 0.421. The normalized spacial score (nSPS) is 11.7. The van der Waals surface area contributed by atoms with E-state index in [1.165, 1.54) is 0 Å². The van der Waals surface area contributed by atoms with E-state index in [0.717, 1.165) is 16.9 Å². The smallest absolute Gasteiger partial charge is 0.323 e. The topological polar surface area (TPSA) is 61.5 Å². The standard InChI is InChI=1S/C18H21NO3/c1-2-21-18(20)17(19)12-14-8-10-16(11-9-14)22-13-15-6-4-3-5-7-15/h3-11,17H,2,12-13,19H2,1H3. The first-order chi connectivity index (χ1) is 10.7. The summed E-state index contributed by atoms with van der Waals surface area (Å²) in [5.41, 5.74) is 7.90. The third-order valence-electron chi connectivity index (χ3n) is 3.22. The van der Waals surface area contributed by atoms with Crippen LogP contribution in [0.4, 0.5) is 0 Å². The molecule has 0 radical (unpaired) electrons. The highest BCUT2D eigenvalue weighted by atomic mass is 16.5. The molecule has 0 spiro atoms. The number of carbonyl (C=O) groups is 1. The van der Waals surface area contributed by atoms with Crippen LogP contribution in [-0.2, 0) is 22.6 Å². The zero-order valence-electron chi connectivity index (χ0n) is 12.7. The number of benzene rings is 2. The number of rotatable bonds is 7. The Hall–Kier alpha value is -2.33. The summed E-state index contributed by atoms with van der Waals surface area (Å²) in [5, 5.41) is 0. The van der Waals surface area contributed by atoms with Crippen LogP contribution in [0, 0.1) is 0 Å². The Bertz CT molecular complexity index is 581. The predicted octanol–water partition coefficient (Wildman–Crippen LogP) is 2.70. The molecule has 0 amide bonds. The van der Waals surface area contributed by atoms with E-state index in [9.17, 15) is 4.79 Å². The summed E-state index contributed by atoms with van der Waals surface area (Å²) in [6.45, 7) is 2.64. The number of esters is 1. The molecule has 0 aliphatic heterocycles. The fourth-order valence-corrected chi connectivity index (χ4v) is 2.05. The maximum atomic E-state index is 11.5. The summed E-state index contributed by atoms with van der Waals surface area (Å²) in [7, 11) is 0. The van der Waals surface area contributed by atoms with Gasteiger partial charge in [0.25, 0.3) is 0 Å². The van der Waals surface area contributed by atoms with E-state index in [1.807, 2.05) is 54.6 Å². The lowest BCUT2D eigenvalue weighted by molar-refractivity contribution is -0.144. The highest BCUT2D eigenvalue weighted by Crippen LogP contribution is 2.15. The van der Waals surface area contributed by atoms with Crippen molar-refractivity contribution >= 4 is 5.97 Å². The van der Waals surface area contributed by atoms with Gasteiger partial charge in [-0.2, -0.15) is 0 Å². The number of hydrogen-bond donors (Lipinski definition) is 1. The van der Waals surface area contributed by atoms with Gasteiger partial charge in [0.05, 0.1) is 6.61 Å². The molecule has 1 atom stereocenters. The molecule has 0 saturated carbocycles.